The van der Waals surface area contributed by atoms with Gasteiger partial charge in [0.1, 0.15) is 0 Å². The van der Waals surface area contributed by atoms with Crippen LogP contribution in [0.3, 0.4) is 0 Å². The quantitative estimate of drug-likeness (QED) is 0.798. The Morgan fingerprint density at radius 1 is 1.32 bits per heavy atom. The molecule has 7 heteroatoms. The van der Waals surface area contributed by atoms with Crippen molar-refractivity contribution < 1.29 is 9.59 Å². The van der Waals surface area contributed by atoms with Crippen LogP contribution in [0.25, 0.3) is 0 Å². The lowest BCUT2D eigenvalue weighted by atomic mass is 9.94. The van der Waals surface area contributed by atoms with E-state index in [1.54, 1.807) is 18.3 Å². The van der Waals surface area contributed by atoms with E-state index in [0.29, 0.717) is 24.3 Å². The van der Waals surface area contributed by atoms with Gasteiger partial charge in [0.15, 0.2) is 0 Å². The van der Waals surface area contributed by atoms with E-state index in [9.17, 15) is 9.59 Å². The summed E-state index contributed by atoms with van der Waals surface area (Å²) in [7, 11) is 0. The van der Waals surface area contributed by atoms with Gasteiger partial charge in [0.25, 0.3) is 5.91 Å². The van der Waals surface area contributed by atoms with Gasteiger partial charge < -0.3 is 15.5 Å². The first kappa shape index (κ1) is 17.0. The fourth-order valence-electron chi connectivity index (χ4n) is 3.15. The number of anilines is 1. The Morgan fingerprint density at radius 3 is 2.88 bits per heavy atom. The highest BCUT2D eigenvalue weighted by Gasteiger charge is 2.27. The monoisotopic (exact) mass is 341 g/mol. The number of aromatic nitrogens is 2. The number of aromatic amines is 1. The van der Waals surface area contributed by atoms with Crippen LogP contribution in [0.15, 0.2) is 36.5 Å². The predicted molar refractivity (Wildman–Crippen MR) is 95.6 cm³/mol. The molecule has 0 saturated carbocycles. The molecule has 2 aromatic rings. The first-order valence-electron chi connectivity index (χ1n) is 8.61. The summed E-state index contributed by atoms with van der Waals surface area (Å²) in [5.41, 5.74) is 2.15. The molecule has 7 nitrogen and oxygen atoms in total. The minimum absolute atomic E-state index is 0.0402. The topological polar surface area (TPSA) is 90.1 Å². The summed E-state index contributed by atoms with van der Waals surface area (Å²) in [6.45, 7) is 3.89. The zero-order valence-electron chi connectivity index (χ0n) is 14.3. The summed E-state index contributed by atoms with van der Waals surface area (Å²) in [6.07, 6.45) is 3.50. The van der Waals surface area contributed by atoms with Crippen LogP contribution in [0.2, 0.25) is 0 Å². The Hall–Kier alpha value is -2.83. The van der Waals surface area contributed by atoms with Gasteiger partial charge in [-0.1, -0.05) is 18.2 Å². The maximum atomic E-state index is 12.4. The molecule has 3 N–H and O–H groups in total. The van der Waals surface area contributed by atoms with Crippen molar-refractivity contribution in [3.05, 3.63) is 47.8 Å². The third-order valence-electron chi connectivity index (χ3n) is 4.40. The van der Waals surface area contributed by atoms with Crippen LogP contribution in [0.1, 0.15) is 41.7 Å². The average molecular weight is 341 g/mol. The van der Waals surface area contributed by atoms with Crippen LogP contribution in [-0.2, 0) is 0 Å². The van der Waals surface area contributed by atoms with E-state index in [0.717, 1.165) is 25.1 Å². The van der Waals surface area contributed by atoms with Crippen molar-refractivity contribution in [2.45, 2.75) is 25.7 Å². The van der Waals surface area contributed by atoms with Gasteiger partial charge in [0.05, 0.1) is 17.6 Å². The number of rotatable bonds is 4. The lowest BCUT2D eigenvalue weighted by Gasteiger charge is -2.32. The number of carbonyl (C=O) groups excluding carboxylic acids is 2. The highest BCUT2D eigenvalue weighted by atomic mass is 16.2. The second-order valence-corrected chi connectivity index (χ2v) is 6.14. The van der Waals surface area contributed by atoms with E-state index in [4.69, 9.17) is 0 Å². The van der Waals surface area contributed by atoms with Crippen molar-refractivity contribution in [1.29, 1.82) is 0 Å². The van der Waals surface area contributed by atoms with Gasteiger partial charge in [-0.05, 0) is 31.9 Å². The molecule has 132 valence electrons. The second-order valence-electron chi connectivity index (χ2n) is 6.14. The minimum atomic E-state index is -0.167. The number of nitrogens with zero attached hydrogens (tertiary/aromatic N) is 2. The maximum Gasteiger partial charge on any atom is 0.317 e. The van der Waals surface area contributed by atoms with E-state index in [1.165, 1.54) is 0 Å². The maximum absolute atomic E-state index is 12.4. The van der Waals surface area contributed by atoms with Gasteiger partial charge >= 0.3 is 6.03 Å². The van der Waals surface area contributed by atoms with Crippen molar-refractivity contribution in [3.8, 4) is 0 Å². The number of amides is 3. The summed E-state index contributed by atoms with van der Waals surface area (Å²) in [5.74, 6) is -0.0374. The molecule has 2 heterocycles. The molecule has 1 saturated heterocycles. The number of urea groups is 1. The molecule has 3 rings (SSSR count). The minimum Gasteiger partial charge on any atom is -0.338 e. The number of likely N-dealkylation sites (tertiary alicyclic amines) is 1. The van der Waals surface area contributed by atoms with Gasteiger partial charge in [0, 0.05) is 31.1 Å². The molecule has 1 fully saturated rings. The molecule has 1 aliphatic rings. The van der Waals surface area contributed by atoms with E-state index in [1.807, 2.05) is 30.0 Å². The van der Waals surface area contributed by atoms with Crippen LogP contribution >= 0.6 is 0 Å². The fourth-order valence-corrected chi connectivity index (χ4v) is 3.15. The SMILES string of the molecule is CCNC(=O)N1CCCC(c2[nH]ncc2NC(=O)c2ccccc2)C1. The van der Waals surface area contributed by atoms with E-state index in [2.05, 4.69) is 20.8 Å². The molecule has 0 spiro atoms. The molecular weight excluding hydrogens is 318 g/mol. The summed E-state index contributed by atoms with van der Waals surface area (Å²) < 4.78 is 0. The van der Waals surface area contributed by atoms with Crippen molar-refractivity contribution in [3.63, 3.8) is 0 Å². The number of piperidine rings is 1. The number of hydrogen-bond donors (Lipinski definition) is 3. The Labute approximate surface area is 146 Å². The largest absolute Gasteiger partial charge is 0.338 e. The zero-order valence-corrected chi connectivity index (χ0v) is 14.3. The third-order valence-corrected chi connectivity index (χ3v) is 4.40. The normalized spacial score (nSPS) is 17.2. The summed E-state index contributed by atoms with van der Waals surface area (Å²) in [5, 5.41) is 12.9. The van der Waals surface area contributed by atoms with Crippen molar-refractivity contribution in [1.82, 2.24) is 20.4 Å². The number of carbonyl (C=O) groups is 2. The van der Waals surface area contributed by atoms with Crippen LogP contribution in [0, 0.1) is 0 Å². The summed E-state index contributed by atoms with van der Waals surface area (Å²) in [4.78, 5) is 26.3. The Balaban J connectivity index is 1.70. The number of hydrogen-bond acceptors (Lipinski definition) is 3. The van der Waals surface area contributed by atoms with Crippen LogP contribution in [-0.4, -0.2) is 46.7 Å². The number of H-pyrrole nitrogens is 1. The summed E-state index contributed by atoms with van der Waals surface area (Å²) >= 11 is 0. The molecule has 0 aliphatic carbocycles. The Morgan fingerprint density at radius 2 is 2.12 bits per heavy atom. The first-order valence-corrected chi connectivity index (χ1v) is 8.61. The van der Waals surface area contributed by atoms with E-state index in [-0.39, 0.29) is 17.9 Å². The van der Waals surface area contributed by atoms with Crippen molar-refractivity contribution in [2.75, 3.05) is 25.0 Å². The Kier molecular flexibility index (Phi) is 5.33. The van der Waals surface area contributed by atoms with E-state index < -0.39 is 0 Å². The highest BCUT2D eigenvalue weighted by molar-refractivity contribution is 6.04. The lowest BCUT2D eigenvalue weighted by molar-refractivity contribution is 0.102. The third kappa shape index (κ3) is 3.99. The van der Waals surface area contributed by atoms with Gasteiger partial charge in [-0.3, -0.25) is 9.89 Å². The molecule has 1 aliphatic heterocycles. The molecule has 1 aromatic heterocycles. The molecule has 0 radical (unpaired) electrons. The zero-order chi connectivity index (χ0) is 17.6. The number of benzene rings is 1. The Bertz CT molecular complexity index is 728. The standard InChI is InChI=1S/C18H23N5O2/c1-2-19-18(25)23-10-6-9-14(12-23)16-15(11-20-22-16)21-17(24)13-7-4-3-5-8-13/h3-5,7-8,11,14H,2,6,9-10,12H2,1H3,(H,19,25)(H,20,22)(H,21,24). The van der Waals surface area contributed by atoms with Crippen molar-refractivity contribution in [2.24, 2.45) is 0 Å². The molecule has 1 unspecified atom stereocenters. The van der Waals surface area contributed by atoms with Crippen LogP contribution in [0.4, 0.5) is 10.5 Å². The molecule has 1 aromatic carbocycles. The molecule has 25 heavy (non-hydrogen) atoms. The molecule has 0 bridgehead atoms. The molecular formula is C18H23N5O2. The average Bonchev–Trinajstić information content (AvgIpc) is 3.11. The highest BCUT2D eigenvalue weighted by Crippen LogP contribution is 2.30. The van der Waals surface area contributed by atoms with Crippen LogP contribution < -0.4 is 10.6 Å². The molecule has 1 atom stereocenters. The van der Waals surface area contributed by atoms with E-state index >= 15 is 0 Å². The van der Waals surface area contributed by atoms with Crippen LogP contribution in [0.5, 0.6) is 0 Å². The fraction of sp³-hybridized carbons (Fsp3) is 0.389. The van der Waals surface area contributed by atoms with Gasteiger partial charge in [-0.15, -0.1) is 0 Å². The van der Waals surface area contributed by atoms with Gasteiger partial charge in [-0.2, -0.15) is 5.10 Å². The smallest absolute Gasteiger partial charge is 0.317 e. The number of nitrogens with one attached hydrogen (secondary N) is 3. The lowest BCUT2D eigenvalue weighted by Crippen LogP contribution is -2.45. The summed E-state index contributed by atoms with van der Waals surface area (Å²) in [6, 6.07) is 9.03. The first-order chi connectivity index (χ1) is 12.2. The second kappa shape index (κ2) is 7.83. The van der Waals surface area contributed by atoms with Gasteiger partial charge in [-0.25, -0.2) is 4.79 Å². The predicted octanol–water partition coefficient (Wildman–Crippen LogP) is 2.57. The van der Waals surface area contributed by atoms with Gasteiger partial charge in [0.2, 0.25) is 0 Å². The van der Waals surface area contributed by atoms with Crippen molar-refractivity contribution >= 4 is 17.6 Å². The molecule has 3 amide bonds.